The molecular weight excluding hydrogens is 386 g/mol. The van der Waals surface area contributed by atoms with E-state index in [1.165, 1.54) is 0 Å². The zero-order valence-electron chi connectivity index (χ0n) is 16.8. The minimum atomic E-state index is -0.402. The van der Waals surface area contributed by atoms with Crippen LogP contribution in [-0.4, -0.2) is 54.3 Å². The summed E-state index contributed by atoms with van der Waals surface area (Å²) in [7, 11) is 0. The number of rotatable bonds is 7. The predicted molar refractivity (Wildman–Crippen MR) is 116 cm³/mol. The smallest absolute Gasteiger partial charge is 0.253 e. The van der Waals surface area contributed by atoms with Gasteiger partial charge < -0.3 is 10.2 Å². The average molecular weight is 414 g/mol. The normalized spacial score (nSPS) is 15.7. The molecule has 1 aliphatic rings. The molecule has 1 atom stereocenters. The number of hydrogen-bond acceptors (Lipinski definition) is 3. The highest BCUT2D eigenvalue weighted by atomic mass is 35.5. The summed E-state index contributed by atoms with van der Waals surface area (Å²) >= 11 is 6.17. The van der Waals surface area contributed by atoms with E-state index in [4.69, 9.17) is 11.6 Å². The lowest BCUT2D eigenvalue weighted by atomic mass is 10.0. The van der Waals surface area contributed by atoms with Crippen LogP contribution in [0.15, 0.2) is 54.6 Å². The Labute approximate surface area is 177 Å². The van der Waals surface area contributed by atoms with E-state index < -0.39 is 6.04 Å². The number of piperazine rings is 1. The first-order valence-electron chi connectivity index (χ1n) is 10.2. The van der Waals surface area contributed by atoms with Gasteiger partial charge >= 0.3 is 0 Å². The van der Waals surface area contributed by atoms with Gasteiger partial charge in [-0.25, -0.2) is 0 Å². The van der Waals surface area contributed by atoms with E-state index in [9.17, 15) is 9.59 Å². The summed E-state index contributed by atoms with van der Waals surface area (Å²) in [5.41, 5.74) is 1.32. The fourth-order valence-corrected chi connectivity index (χ4v) is 3.88. The van der Waals surface area contributed by atoms with Crippen LogP contribution in [0.25, 0.3) is 0 Å². The summed E-state index contributed by atoms with van der Waals surface area (Å²) in [4.78, 5) is 30.0. The Kier molecular flexibility index (Phi) is 7.67. The van der Waals surface area contributed by atoms with E-state index in [1.807, 2.05) is 35.2 Å². The Bertz CT molecular complexity index is 820. The molecular formula is C23H28ClN3O2. The molecule has 1 saturated heterocycles. The first-order valence-corrected chi connectivity index (χ1v) is 10.6. The Hall–Kier alpha value is -2.37. The minimum absolute atomic E-state index is 0.0643. The fraction of sp³-hybridized carbons (Fsp3) is 0.391. The molecule has 0 bridgehead atoms. The van der Waals surface area contributed by atoms with E-state index >= 15 is 0 Å². The molecule has 1 aliphatic heterocycles. The molecule has 2 aromatic carbocycles. The van der Waals surface area contributed by atoms with Gasteiger partial charge in [0, 0.05) is 26.2 Å². The van der Waals surface area contributed by atoms with Crippen molar-refractivity contribution in [1.29, 1.82) is 0 Å². The lowest BCUT2D eigenvalue weighted by Crippen LogP contribution is -2.49. The van der Waals surface area contributed by atoms with Crippen molar-refractivity contribution in [3.05, 3.63) is 70.7 Å². The van der Waals surface area contributed by atoms with Gasteiger partial charge in [-0.05, 0) is 30.7 Å². The molecule has 5 nitrogen and oxygen atoms in total. The number of carbonyl (C=O) groups excluding carboxylic acids is 2. The van der Waals surface area contributed by atoms with Crippen molar-refractivity contribution in [3.8, 4) is 0 Å². The van der Waals surface area contributed by atoms with Crippen molar-refractivity contribution in [2.75, 3.05) is 32.7 Å². The van der Waals surface area contributed by atoms with Crippen LogP contribution in [0.3, 0.4) is 0 Å². The van der Waals surface area contributed by atoms with Gasteiger partial charge in [0.15, 0.2) is 0 Å². The van der Waals surface area contributed by atoms with Crippen molar-refractivity contribution in [1.82, 2.24) is 15.1 Å². The molecule has 0 aromatic heterocycles. The summed E-state index contributed by atoms with van der Waals surface area (Å²) in [5, 5.41) is 3.41. The van der Waals surface area contributed by atoms with Crippen molar-refractivity contribution < 1.29 is 9.59 Å². The van der Waals surface area contributed by atoms with E-state index in [0.717, 1.165) is 44.7 Å². The number of amides is 2. The van der Waals surface area contributed by atoms with Crippen LogP contribution < -0.4 is 5.32 Å². The van der Waals surface area contributed by atoms with E-state index in [0.29, 0.717) is 10.6 Å². The van der Waals surface area contributed by atoms with Gasteiger partial charge in [-0.3, -0.25) is 14.5 Å². The van der Waals surface area contributed by atoms with Gasteiger partial charge in [0.25, 0.3) is 5.91 Å². The molecule has 6 heteroatoms. The van der Waals surface area contributed by atoms with Crippen molar-refractivity contribution in [3.63, 3.8) is 0 Å². The maximum Gasteiger partial charge on any atom is 0.253 e. The molecule has 0 saturated carbocycles. The van der Waals surface area contributed by atoms with Crippen LogP contribution in [0.2, 0.25) is 5.02 Å². The zero-order chi connectivity index (χ0) is 20.6. The highest BCUT2D eigenvalue weighted by molar-refractivity contribution is 6.33. The van der Waals surface area contributed by atoms with Crippen LogP contribution >= 0.6 is 11.6 Å². The number of nitrogens with one attached hydrogen (secondary N) is 1. The van der Waals surface area contributed by atoms with E-state index in [2.05, 4.69) is 17.1 Å². The topological polar surface area (TPSA) is 52.6 Å². The van der Waals surface area contributed by atoms with Crippen LogP contribution in [0, 0.1) is 0 Å². The quantitative estimate of drug-likeness (QED) is 0.752. The molecule has 29 heavy (non-hydrogen) atoms. The summed E-state index contributed by atoms with van der Waals surface area (Å²) in [6.07, 6.45) is 1.35. The van der Waals surface area contributed by atoms with E-state index in [1.54, 1.807) is 24.3 Å². The second kappa shape index (κ2) is 10.4. The third-order valence-corrected chi connectivity index (χ3v) is 5.60. The number of benzene rings is 2. The monoisotopic (exact) mass is 413 g/mol. The first kappa shape index (κ1) is 21.3. The van der Waals surface area contributed by atoms with Gasteiger partial charge in [-0.1, -0.05) is 61.0 Å². The SMILES string of the molecule is CCCN1CCN(C(=O)C[C@H](NC(=O)c2ccccc2Cl)c2ccccc2)CC1. The molecule has 2 aromatic rings. The Morgan fingerprint density at radius 1 is 1.00 bits per heavy atom. The zero-order valence-corrected chi connectivity index (χ0v) is 17.6. The molecule has 0 aliphatic carbocycles. The number of nitrogens with zero attached hydrogens (tertiary/aromatic N) is 2. The average Bonchev–Trinajstić information content (AvgIpc) is 2.75. The summed E-state index contributed by atoms with van der Waals surface area (Å²) in [5.74, 6) is -0.209. The molecule has 1 fully saturated rings. The first-order chi connectivity index (χ1) is 14.1. The predicted octanol–water partition coefficient (Wildman–Crippen LogP) is 3.76. The Morgan fingerprint density at radius 3 is 2.31 bits per heavy atom. The molecule has 0 spiro atoms. The maximum absolute atomic E-state index is 13.0. The van der Waals surface area contributed by atoms with Crippen molar-refractivity contribution in [2.45, 2.75) is 25.8 Å². The molecule has 3 rings (SSSR count). The summed E-state index contributed by atoms with van der Waals surface area (Å²) < 4.78 is 0. The van der Waals surface area contributed by atoms with Crippen LogP contribution in [0.1, 0.15) is 41.7 Å². The van der Waals surface area contributed by atoms with E-state index in [-0.39, 0.29) is 18.2 Å². The van der Waals surface area contributed by atoms with Gasteiger partial charge in [0.1, 0.15) is 0 Å². The molecule has 1 heterocycles. The van der Waals surface area contributed by atoms with Gasteiger partial charge in [-0.15, -0.1) is 0 Å². The Morgan fingerprint density at radius 2 is 1.66 bits per heavy atom. The summed E-state index contributed by atoms with van der Waals surface area (Å²) in [6, 6.07) is 16.2. The molecule has 0 unspecified atom stereocenters. The number of halogens is 1. The van der Waals surface area contributed by atoms with Gasteiger partial charge in [-0.2, -0.15) is 0 Å². The maximum atomic E-state index is 13.0. The van der Waals surface area contributed by atoms with Crippen LogP contribution in [-0.2, 0) is 4.79 Å². The van der Waals surface area contributed by atoms with Crippen LogP contribution in [0.4, 0.5) is 0 Å². The second-order valence-electron chi connectivity index (χ2n) is 7.34. The Balaban J connectivity index is 1.69. The number of hydrogen-bond donors (Lipinski definition) is 1. The van der Waals surface area contributed by atoms with Crippen LogP contribution in [0.5, 0.6) is 0 Å². The third-order valence-electron chi connectivity index (χ3n) is 5.27. The molecule has 154 valence electrons. The van der Waals surface area contributed by atoms with Gasteiger partial charge in [0.05, 0.1) is 23.0 Å². The van der Waals surface area contributed by atoms with Gasteiger partial charge in [0.2, 0.25) is 5.91 Å². The molecule has 1 N–H and O–H groups in total. The van der Waals surface area contributed by atoms with Crippen molar-refractivity contribution >= 4 is 23.4 Å². The molecule has 2 amide bonds. The largest absolute Gasteiger partial charge is 0.345 e. The lowest BCUT2D eigenvalue weighted by Gasteiger charge is -2.35. The lowest BCUT2D eigenvalue weighted by molar-refractivity contribution is -0.133. The standard InChI is InChI=1S/C23H28ClN3O2/c1-2-12-26-13-15-27(16-14-26)22(28)17-21(18-8-4-3-5-9-18)25-23(29)19-10-6-7-11-20(19)24/h3-11,21H,2,12-17H2,1H3,(H,25,29)/t21-/m0/s1. The highest BCUT2D eigenvalue weighted by Gasteiger charge is 2.25. The fourth-order valence-electron chi connectivity index (χ4n) is 3.66. The minimum Gasteiger partial charge on any atom is -0.345 e. The molecule has 0 radical (unpaired) electrons. The number of carbonyl (C=O) groups is 2. The third kappa shape index (κ3) is 5.81. The van der Waals surface area contributed by atoms with Crippen molar-refractivity contribution in [2.24, 2.45) is 0 Å². The second-order valence-corrected chi connectivity index (χ2v) is 7.75. The summed E-state index contributed by atoms with van der Waals surface area (Å²) in [6.45, 7) is 6.52. The highest BCUT2D eigenvalue weighted by Crippen LogP contribution is 2.21.